The smallest absolute Gasteiger partial charge is 0.318 e. The second-order valence-corrected chi connectivity index (χ2v) is 3.15. The van der Waals surface area contributed by atoms with Crippen molar-refractivity contribution < 1.29 is 4.74 Å². The van der Waals surface area contributed by atoms with E-state index in [1.54, 1.807) is 6.20 Å². The molecule has 4 heteroatoms. The average Bonchev–Trinajstić information content (AvgIpc) is 1.96. The third-order valence-electron chi connectivity index (χ3n) is 1.23. The van der Waals surface area contributed by atoms with Gasteiger partial charge in [-0.1, -0.05) is 11.6 Å². The molecule has 1 aromatic heterocycles. The maximum absolute atomic E-state index is 5.77. The lowest BCUT2D eigenvalue weighted by molar-refractivity contribution is 0.222. The summed E-state index contributed by atoms with van der Waals surface area (Å²) in [4.78, 5) is 7.91. The van der Waals surface area contributed by atoms with Crippen LogP contribution in [0.4, 0.5) is 0 Å². The summed E-state index contributed by atoms with van der Waals surface area (Å²) in [6.45, 7) is 5.68. The molecule has 0 atom stereocenters. The van der Waals surface area contributed by atoms with Gasteiger partial charge >= 0.3 is 6.01 Å². The van der Waals surface area contributed by atoms with E-state index in [4.69, 9.17) is 16.3 Å². The third-order valence-corrected chi connectivity index (χ3v) is 1.61. The van der Waals surface area contributed by atoms with E-state index < -0.39 is 0 Å². The minimum absolute atomic E-state index is 0.0729. The first-order valence-corrected chi connectivity index (χ1v) is 4.13. The molecule has 12 heavy (non-hydrogen) atoms. The standard InChI is InChI=1S/C8H11ClN2O/c1-5(2)12-8-10-4-6(3)7(9)11-8/h4-5H,1-3H3. The van der Waals surface area contributed by atoms with Crippen molar-refractivity contribution in [1.29, 1.82) is 0 Å². The van der Waals surface area contributed by atoms with Crippen LogP contribution >= 0.6 is 11.6 Å². The molecule has 1 rings (SSSR count). The highest BCUT2D eigenvalue weighted by molar-refractivity contribution is 6.30. The van der Waals surface area contributed by atoms with Gasteiger partial charge in [0.15, 0.2) is 0 Å². The molecule has 0 amide bonds. The van der Waals surface area contributed by atoms with Crippen LogP contribution in [0.15, 0.2) is 6.20 Å². The summed E-state index contributed by atoms with van der Waals surface area (Å²) in [5.74, 6) is 0. The van der Waals surface area contributed by atoms with Crippen LogP contribution in [0.25, 0.3) is 0 Å². The molecule has 0 unspecified atom stereocenters. The molecule has 0 spiro atoms. The predicted molar refractivity (Wildman–Crippen MR) is 47.5 cm³/mol. The molecule has 1 heterocycles. The third kappa shape index (κ3) is 2.34. The fourth-order valence-electron chi connectivity index (χ4n) is 0.674. The highest BCUT2D eigenvalue weighted by atomic mass is 35.5. The number of nitrogens with zero attached hydrogens (tertiary/aromatic N) is 2. The van der Waals surface area contributed by atoms with Gasteiger partial charge in [-0.25, -0.2) is 4.98 Å². The monoisotopic (exact) mass is 186 g/mol. The average molecular weight is 187 g/mol. The predicted octanol–water partition coefficient (Wildman–Crippen LogP) is 2.23. The zero-order valence-electron chi connectivity index (χ0n) is 7.34. The molecule has 1 aromatic rings. The van der Waals surface area contributed by atoms with Crippen molar-refractivity contribution in [3.8, 4) is 6.01 Å². The van der Waals surface area contributed by atoms with Crippen LogP contribution in [0, 0.1) is 6.92 Å². The summed E-state index contributed by atoms with van der Waals surface area (Å²) < 4.78 is 5.24. The van der Waals surface area contributed by atoms with E-state index in [0.717, 1.165) is 5.56 Å². The van der Waals surface area contributed by atoms with Crippen LogP contribution in [0.1, 0.15) is 19.4 Å². The van der Waals surface area contributed by atoms with Crippen LogP contribution in [0.3, 0.4) is 0 Å². The Kier molecular flexibility index (Phi) is 2.87. The summed E-state index contributed by atoms with van der Waals surface area (Å²) in [6, 6.07) is 0.334. The molecule has 0 radical (unpaired) electrons. The molecule has 0 saturated heterocycles. The first-order chi connectivity index (χ1) is 5.59. The molecular formula is C8H11ClN2O. The van der Waals surface area contributed by atoms with E-state index in [1.807, 2.05) is 20.8 Å². The molecule has 66 valence electrons. The SMILES string of the molecule is Cc1cnc(OC(C)C)nc1Cl. The minimum Gasteiger partial charge on any atom is -0.461 e. The largest absolute Gasteiger partial charge is 0.461 e. The summed E-state index contributed by atoms with van der Waals surface area (Å²) in [6.07, 6.45) is 1.72. The van der Waals surface area contributed by atoms with E-state index >= 15 is 0 Å². The van der Waals surface area contributed by atoms with Crippen LogP contribution in [-0.2, 0) is 0 Å². The molecule has 0 N–H and O–H groups in total. The van der Waals surface area contributed by atoms with Crippen molar-refractivity contribution >= 4 is 11.6 Å². The molecule has 0 aliphatic carbocycles. The topological polar surface area (TPSA) is 35.0 Å². The van der Waals surface area contributed by atoms with Crippen LogP contribution in [0.5, 0.6) is 6.01 Å². The number of aromatic nitrogens is 2. The number of aryl methyl sites for hydroxylation is 1. The molecule has 0 aliphatic rings. The Morgan fingerprint density at radius 1 is 1.50 bits per heavy atom. The summed E-state index contributed by atoms with van der Waals surface area (Å²) in [7, 11) is 0. The quantitative estimate of drug-likeness (QED) is 0.665. The molecule has 0 bridgehead atoms. The van der Waals surface area contributed by atoms with Gasteiger partial charge < -0.3 is 4.74 Å². The maximum Gasteiger partial charge on any atom is 0.318 e. The lowest BCUT2D eigenvalue weighted by Gasteiger charge is -2.07. The fraction of sp³-hybridized carbons (Fsp3) is 0.500. The van der Waals surface area contributed by atoms with Crippen LogP contribution < -0.4 is 4.74 Å². The zero-order chi connectivity index (χ0) is 9.14. The highest BCUT2D eigenvalue weighted by Crippen LogP contribution is 2.14. The van der Waals surface area contributed by atoms with E-state index in [9.17, 15) is 0 Å². The van der Waals surface area contributed by atoms with Gasteiger partial charge in [0, 0.05) is 11.8 Å². The van der Waals surface area contributed by atoms with E-state index in [1.165, 1.54) is 0 Å². The second-order valence-electron chi connectivity index (χ2n) is 2.79. The van der Waals surface area contributed by atoms with Gasteiger partial charge in [-0.05, 0) is 20.8 Å². The number of ether oxygens (including phenoxy) is 1. The number of rotatable bonds is 2. The van der Waals surface area contributed by atoms with Crippen molar-refractivity contribution in [2.24, 2.45) is 0 Å². The van der Waals surface area contributed by atoms with Crippen molar-refractivity contribution in [3.05, 3.63) is 16.9 Å². The minimum atomic E-state index is 0.0729. The van der Waals surface area contributed by atoms with Gasteiger partial charge in [-0.3, -0.25) is 0 Å². The molecule has 0 fully saturated rings. The van der Waals surface area contributed by atoms with Crippen molar-refractivity contribution in [1.82, 2.24) is 9.97 Å². The van der Waals surface area contributed by atoms with Gasteiger partial charge in [0.05, 0.1) is 6.10 Å². The van der Waals surface area contributed by atoms with E-state index in [-0.39, 0.29) is 6.10 Å². The van der Waals surface area contributed by atoms with Crippen LogP contribution in [-0.4, -0.2) is 16.1 Å². The molecule has 0 aromatic carbocycles. The second kappa shape index (κ2) is 3.72. The highest BCUT2D eigenvalue weighted by Gasteiger charge is 2.03. The molecule has 0 aliphatic heterocycles. The Morgan fingerprint density at radius 2 is 2.17 bits per heavy atom. The molecular weight excluding hydrogens is 176 g/mol. The van der Waals surface area contributed by atoms with Gasteiger partial charge in [0.2, 0.25) is 0 Å². The molecule has 0 saturated carbocycles. The lowest BCUT2D eigenvalue weighted by atomic mass is 10.4. The number of halogens is 1. The summed E-state index contributed by atoms with van der Waals surface area (Å²) in [5.41, 5.74) is 0.854. The van der Waals surface area contributed by atoms with Gasteiger partial charge in [0.25, 0.3) is 0 Å². The van der Waals surface area contributed by atoms with Crippen molar-refractivity contribution in [2.75, 3.05) is 0 Å². The van der Waals surface area contributed by atoms with E-state index in [0.29, 0.717) is 11.2 Å². The Bertz CT molecular complexity index is 276. The van der Waals surface area contributed by atoms with Crippen molar-refractivity contribution in [2.45, 2.75) is 26.9 Å². The summed E-state index contributed by atoms with van der Waals surface area (Å²) >= 11 is 5.77. The molecule has 3 nitrogen and oxygen atoms in total. The van der Waals surface area contributed by atoms with Gasteiger partial charge in [0.1, 0.15) is 5.15 Å². The fourth-order valence-corrected chi connectivity index (χ4v) is 0.795. The Balaban J connectivity index is 2.82. The van der Waals surface area contributed by atoms with Gasteiger partial charge in [-0.2, -0.15) is 4.98 Å². The Morgan fingerprint density at radius 3 is 2.67 bits per heavy atom. The first-order valence-electron chi connectivity index (χ1n) is 3.75. The Labute approximate surface area is 76.7 Å². The normalized spacial score (nSPS) is 10.4. The summed E-state index contributed by atoms with van der Waals surface area (Å²) in [5, 5.41) is 0.445. The van der Waals surface area contributed by atoms with Crippen LogP contribution in [0.2, 0.25) is 5.15 Å². The lowest BCUT2D eigenvalue weighted by Crippen LogP contribution is -2.08. The number of hydrogen-bond donors (Lipinski definition) is 0. The number of hydrogen-bond acceptors (Lipinski definition) is 3. The van der Waals surface area contributed by atoms with E-state index in [2.05, 4.69) is 9.97 Å². The Hall–Kier alpha value is -0.830. The zero-order valence-corrected chi connectivity index (χ0v) is 8.09. The maximum atomic E-state index is 5.77. The van der Waals surface area contributed by atoms with Crippen molar-refractivity contribution in [3.63, 3.8) is 0 Å². The first kappa shape index (κ1) is 9.26. The van der Waals surface area contributed by atoms with Gasteiger partial charge in [-0.15, -0.1) is 0 Å².